The van der Waals surface area contributed by atoms with Gasteiger partial charge in [-0.15, -0.1) is 0 Å². The zero-order chi connectivity index (χ0) is 28.1. The molecule has 0 spiro atoms. The molecule has 3 aromatic carbocycles. The zero-order valence-electron chi connectivity index (χ0n) is 23.1. The van der Waals surface area contributed by atoms with Crippen molar-refractivity contribution >= 4 is 34.1 Å². The number of carbonyl (C=O) groups is 1. The van der Waals surface area contributed by atoms with Gasteiger partial charge in [-0.1, -0.05) is 18.2 Å². The molecule has 7 rings (SSSR count). The van der Waals surface area contributed by atoms with Crippen molar-refractivity contribution in [3.05, 3.63) is 89.9 Å². The van der Waals surface area contributed by atoms with Gasteiger partial charge in [-0.3, -0.25) is 9.48 Å². The monoisotopic (exact) mass is 544 g/mol. The first-order valence-corrected chi connectivity index (χ1v) is 14.2. The number of nitrogens with zero attached hydrogens (tertiary/aromatic N) is 4. The molecule has 8 nitrogen and oxygen atoms in total. The summed E-state index contributed by atoms with van der Waals surface area (Å²) in [6.07, 6.45) is 10.4. The van der Waals surface area contributed by atoms with Gasteiger partial charge in [0.25, 0.3) is 0 Å². The number of aromatic hydroxyl groups is 1. The molecule has 2 aromatic heterocycles. The standard InChI is InChI=1S/C33H32N6O2/c1-19-11-23(14-28(40)12-19)20(2)32(41)36-25-6-9-29(21-3-4-21)30(15-25)22-5-10-31-24(13-22)16-34-33(38-31)37-26-17-35-39(18-26)27-7-8-27/h5-6,9-18,20-21,27,40H,3-4,7-8H2,1-2H3,(H,36,41)(H,34,37,38). The van der Waals surface area contributed by atoms with Crippen LogP contribution < -0.4 is 10.6 Å². The molecule has 206 valence electrons. The minimum Gasteiger partial charge on any atom is -0.508 e. The maximum Gasteiger partial charge on any atom is 0.231 e. The van der Waals surface area contributed by atoms with Gasteiger partial charge in [0.1, 0.15) is 5.75 Å². The van der Waals surface area contributed by atoms with Crippen LogP contribution in [0.5, 0.6) is 5.75 Å². The van der Waals surface area contributed by atoms with Crippen molar-refractivity contribution in [1.82, 2.24) is 19.7 Å². The molecule has 1 unspecified atom stereocenters. The topological polar surface area (TPSA) is 105 Å². The van der Waals surface area contributed by atoms with Crippen molar-refractivity contribution in [2.24, 2.45) is 0 Å². The van der Waals surface area contributed by atoms with E-state index in [1.165, 1.54) is 31.2 Å². The number of anilines is 3. The van der Waals surface area contributed by atoms with Crippen LogP contribution in [0, 0.1) is 6.92 Å². The number of fused-ring (bicyclic) bond motifs is 1. The maximum atomic E-state index is 13.2. The lowest BCUT2D eigenvalue weighted by molar-refractivity contribution is -0.117. The van der Waals surface area contributed by atoms with Crippen molar-refractivity contribution in [2.75, 3.05) is 10.6 Å². The molecule has 1 atom stereocenters. The second-order valence-electron chi connectivity index (χ2n) is 11.4. The van der Waals surface area contributed by atoms with Gasteiger partial charge in [0.2, 0.25) is 11.9 Å². The van der Waals surface area contributed by atoms with Gasteiger partial charge >= 0.3 is 0 Å². The van der Waals surface area contributed by atoms with Crippen LogP contribution in [0.15, 0.2) is 73.2 Å². The first-order chi connectivity index (χ1) is 19.9. The third-order valence-electron chi connectivity index (χ3n) is 7.99. The van der Waals surface area contributed by atoms with E-state index in [1.807, 2.05) is 55.3 Å². The Kier molecular flexibility index (Phi) is 6.18. The number of carbonyl (C=O) groups excluding carboxylic acids is 1. The highest BCUT2D eigenvalue weighted by molar-refractivity contribution is 5.96. The number of hydrogen-bond donors (Lipinski definition) is 3. The van der Waals surface area contributed by atoms with E-state index in [9.17, 15) is 9.90 Å². The van der Waals surface area contributed by atoms with Crippen LogP contribution >= 0.6 is 0 Å². The summed E-state index contributed by atoms with van der Waals surface area (Å²) in [4.78, 5) is 22.5. The Labute approximate surface area is 238 Å². The largest absolute Gasteiger partial charge is 0.508 e. The number of rotatable bonds is 8. The van der Waals surface area contributed by atoms with Crippen LogP contribution in [-0.4, -0.2) is 30.8 Å². The van der Waals surface area contributed by atoms with Crippen LogP contribution in [0.3, 0.4) is 0 Å². The van der Waals surface area contributed by atoms with E-state index in [0.717, 1.165) is 44.5 Å². The predicted octanol–water partition coefficient (Wildman–Crippen LogP) is 7.21. The quantitative estimate of drug-likeness (QED) is 0.191. The fraction of sp³-hybridized carbons (Fsp3) is 0.273. The van der Waals surface area contributed by atoms with Gasteiger partial charge in [-0.25, -0.2) is 9.97 Å². The molecule has 2 aliphatic rings. The van der Waals surface area contributed by atoms with E-state index in [2.05, 4.69) is 45.0 Å². The van der Waals surface area contributed by atoms with Gasteiger partial charge in [0.05, 0.1) is 29.4 Å². The van der Waals surface area contributed by atoms with Crippen LogP contribution in [-0.2, 0) is 4.79 Å². The van der Waals surface area contributed by atoms with Crippen molar-refractivity contribution < 1.29 is 9.90 Å². The zero-order valence-corrected chi connectivity index (χ0v) is 23.1. The lowest BCUT2D eigenvalue weighted by atomic mass is 9.94. The highest BCUT2D eigenvalue weighted by Crippen LogP contribution is 2.45. The Bertz CT molecular complexity index is 1770. The third-order valence-corrected chi connectivity index (χ3v) is 7.99. The fourth-order valence-corrected chi connectivity index (χ4v) is 5.41. The lowest BCUT2D eigenvalue weighted by Gasteiger charge is -2.16. The number of hydrogen-bond acceptors (Lipinski definition) is 6. The molecule has 41 heavy (non-hydrogen) atoms. The molecule has 0 radical (unpaired) electrons. The predicted molar refractivity (Wildman–Crippen MR) is 161 cm³/mol. The first kappa shape index (κ1) is 25.3. The molecule has 3 N–H and O–H groups in total. The summed E-state index contributed by atoms with van der Waals surface area (Å²) in [6.45, 7) is 3.77. The van der Waals surface area contributed by atoms with Crippen LogP contribution in [0.25, 0.3) is 22.0 Å². The highest BCUT2D eigenvalue weighted by Gasteiger charge is 2.27. The van der Waals surface area contributed by atoms with Gasteiger partial charge in [-0.2, -0.15) is 5.10 Å². The Morgan fingerprint density at radius 2 is 1.85 bits per heavy atom. The summed E-state index contributed by atoms with van der Waals surface area (Å²) >= 11 is 0. The minimum absolute atomic E-state index is 0.116. The fourth-order valence-electron chi connectivity index (χ4n) is 5.41. The van der Waals surface area contributed by atoms with Crippen molar-refractivity contribution in [2.45, 2.75) is 57.4 Å². The summed E-state index contributed by atoms with van der Waals surface area (Å²) in [7, 11) is 0. The molecule has 5 aromatic rings. The number of aryl methyl sites for hydroxylation is 1. The molecule has 2 saturated carbocycles. The third kappa shape index (κ3) is 5.37. The molecule has 0 saturated heterocycles. The number of benzene rings is 3. The summed E-state index contributed by atoms with van der Waals surface area (Å²) in [5.74, 6) is 0.730. The second kappa shape index (κ2) is 10.0. The van der Waals surface area contributed by atoms with Gasteiger partial charge < -0.3 is 15.7 Å². The van der Waals surface area contributed by atoms with Crippen LogP contribution in [0.4, 0.5) is 17.3 Å². The Morgan fingerprint density at radius 1 is 1.00 bits per heavy atom. The first-order valence-electron chi connectivity index (χ1n) is 14.2. The number of aromatic nitrogens is 4. The van der Waals surface area contributed by atoms with Crippen molar-refractivity contribution in [1.29, 1.82) is 0 Å². The molecule has 2 heterocycles. The van der Waals surface area contributed by atoms with Crippen LogP contribution in [0.1, 0.15) is 67.2 Å². The molecular formula is C33H32N6O2. The average molecular weight is 545 g/mol. The highest BCUT2D eigenvalue weighted by atomic mass is 16.3. The number of nitrogens with one attached hydrogen (secondary N) is 2. The van der Waals surface area contributed by atoms with Crippen molar-refractivity contribution in [3.8, 4) is 16.9 Å². The molecule has 0 aliphatic heterocycles. The lowest BCUT2D eigenvalue weighted by Crippen LogP contribution is -2.19. The van der Waals surface area contributed by atoms with Gasteiger partial charge in [-0.05, 0) is 110 Å². The van der Waals surface area contributed by atoms with E-state index in [1.54, 1.807) is 12.1 Å². The Hall–Kier alpha value is -4.72. The number of phenols is 1. The Morgan fingerprint density at radius 3 is 2.63 bits per heavy atom. The van der Waals surface area contributed by atoms with Crippen molar-refractivity contribution in [3.63, 3.8) is 0 Å². The molecule has 0 bridgehead atoms. The number of amides is 1. The van der Waals surface area contributed by atoms with E-state index >= 15 is 0 Å². The molecule has 2 fully saturated rings. The smallest absolute Gasteiger partial charge is 0.231 e. The number of phenolic OH excluding ortho intramolecular Hbond substituents is 1. The average Bonchev–Trinajstić information content (AvgIpc) is 3.90. The molecular weight excluding hydrogens is 512 g/mol. The van der Waals surface area contributed by atoms with Gasteiger partial charge in [0.15, 0.2) is 0 Å². The summed E-state index contributed by atoms with van der Waals surface area (Å²) < 4.78 is 2.00. The van der Waals surface area contributed by atoms with E-state index in [-0.39, 0.29) is 11.7 Å². The maximum absolute atomic E-state index is 13.2. The van der Waals surface area contributed by atoms with E-state index in [0.29, 0.717) is 17.9 Å². The summed E-state index contributed by atoms with van der Waals surface area (Å²) in [5, 5.41) is 21.7. The normalized spacial score (nSPS) is 15.6. The Balaban J connectivity index is 1.14. The van der Waals surface area contributed by atoms with E-state index < -0.39 is 5.92 Å². The molecule has 8 heteroatoms. The summed E-state index contributed by atoms with van der Waals surface area (Å²) in [6, 6.07) is 18.2. The van der Waals surface area contributed by atoms with Gasteiger partial charge in [0, 0.05) is 23.5 Å². The summed E-state index contributed by atoms with van der Waals surface area (Å²) in [5.41, 5.74) is 7.68. The van der Waals surface area contributed by atoms with E-state index in [4.69, 9.17) is 4.98 Å². The van der Waals surface area contributed by atoms with Crippen LogP contribution in [0.2, 0.25) is 0 Å². The SMILES string of the molecule is Cc1cc(O)cc(C(C)C(=O)Nc2ccc(C3CC3)c(-c3ccc4nc(Nc5cnn(C6CC6)c5)ncc4c3)c2)c1. The molecule has 2 aliphatic carbocycles. The molecule has 1 amide bonds. The minimum atomic E-state index is -0.406. The second-order valence-corrected chi connectivity index (χ2v) is 11.4.